The van der Waals surface area contributed by atoms with Gasteiger partial charge in [0.1, 0.15) is 17.1 Å². The predicted molar refractivity (Wildman–Crippen MR) is 131 cm³/mol. The number of furan rings is 1. The van der Waals surface area contributed by atoms with Crippen molar-refractivity contribution in [1.29, 1.82) is 0 Å². The van der Waals surface area contributed by atoms with Gasteiger partial charge in [-0.3, -0.25) is 4.79 Å². The van der Waals surface area contributed by atoms with Gasteiger partial charge < -0.3 is 19.5 Å². The molecule has 4 heterocycles. The molecule has 1 N–H and O–H groups in total. The average molecular weight is 497 g/mol. The molecule has 5 rings (SSSR count). The van der Waals surface area contributed by atoms with Crippen LogP contribution < -0.4 is 5.32 Å². The molecule has 0 aliphatic carbocycles. The third-order valence-corrected chi connectivity index (χ3v) is 7.64. The Morgan fingerprint density at radius 3 is 2.62 bits per heavy atom. The minimum Gasteiger partial charge on any atom is -0.464 e. The first kappa shape index (κ1) is 21.5. The van der Waals surface area contributed by atoms with Crippen LogP contribution >= 0.6 is 15.9 Å². The van der Waals surface area contributed by atoms with Crippen LogP contribution in [-0.4, -0.2) is 52.9 Å². The van der Waals surface area contributed by atoms with Crippen molar-refractivity contribution in [3.05, 3.63) is 52.3 Å². The summed E-state index contributed by atoms with van der Waals surface area (Å²) in [5.74, 6) is 0.625. The van der Waals surface area contributed by atoms with E-state index in [1.54, 1.807) is 12.3 Å². The highest BCUT2D eigenvalue weighted by molar-refractivity contribution is 9.10. The molecule has 1 amide bonds. The van der Waals surface area contributed by atoms with Gasteiger partial charge in [-0.25, -0.2) is 4.98 Å². The van der Waals surface area contributed by atoms with E-state index in [-0.39, 0.29) is 5.91 Å². The minimum absolute atomic E-state index is 0.0181. The molecule has 32 heavy (non-hydrogen) atoms. The van der Waals surface area contributed by atoms with E-state index in [2.05, 4.69) is 32.2 Å². The number of halogens is 1. The van der Waals surface area contributed by atoms with E-state index in [4.69, 9.17) is 9.40 Å². The quantitative estimate of drug-likeness (QED) is 0.499. The number of pyridine rings is 1. The van der Waals surface area contributed by atoms with Gasteiger partial charge in [0.05, 0.1) is 11.6 Å². The largest absolute Gasteiger partial charge is 0.464 e. The first-order valence-corrected chi connectivity index (χ1v) is 12.3. The number of nitrogens with one attached hydrogen (secondary N) is 1. The summed E-state index contributed by atoms with van der Waals surface area (Å²) in [4.78, 5) is 22.6. The van der Waals surface area contributed by atoms with Crippen molar-refractivity contribution in [3.63, 3.8) is 0 Å². The SMILES string of the molecule is Cc1cc(Nc2nc(C(=O)N3CCC(N4CCCCC4)CC3)cc3occc23)ccc1Br. The van der Waals surface area contributed by atoms with Gasteiger partial charge in [-0.1, -0.05) is 22.4 Å². The lowest BCUT2D eigenvalue weighted by Crippen LogP contribution is -2.48. The van der Waals surface area contributed by atoms with Gasteiger partial charge in [-0.05, 0) is 75.5 Å². The number of nitrogens with zero attached hydrogens (tertiary/aromatic N) is 3. The maximum absolute atomic E-state index is 13.3. The second kappa shape index (κ2) is 9.24. The van der Waals surface area contributed by atoms with Gasteiger partial charge in [0.25, 0.3) is 5.91 Å². The number of aryl methyl sites for hydroxylation is 1. The summed E-state index contributed by atoms with van der Waals surface area (Å²) in [7, 11) is 0. The number of likely N-dealkylation sites (tertiary alicyclic amines) is 2. The number of hydrogen-bond acceptors (Lipinski definition) is 5. The summed E-state index contributed by atoms with van der Waals surface area (Å²) >= 11 is 3.54. The number of aromatic nitrogens is 1. The molecule has 0 atom stereocenters. The number of hydrogen-bond donors (Lipinski definition) is 1. The third kappa shape index (κ3) is 4.41. The van der Waals surface area contributed by atoms with Crippen LogP contribution in [0, 0.1) is 6.92 Å². The minimum atomic E-state index is -0.0181. The maximum Gasteiger partial charge on any atom is 0.272 e. The Labute approximate surface area is 197 Å². The predicted octanol–water partition coefficient (Wildman–Crippen LogP) is 5.73. The van der Waals surface area contributed by atoms with Crippen LogP contribution in [0.15, 0.2) is 45.5 Å². The summed E-state index contributed by atoms with van der Waals surface area (Å²) in [6.45, 7) is 6.03. The Morgan fingerprint density at radius 2 is 1.88 bits per heavy atom. The van der Waals surface area contributed by atoms with Gasteiger partial charge in [-0.15, -0.1) is 0 Å². The molecule has 0 bridgehead atoms. The van der Waals surface area contributed by atoms with Gasteiger partial charge in [0.15, 0.2) is 0 Å². The van der Waals surface area contributed by atoms with Crippen LogP contribution in [0.2, 0.25) is 0 Å². The molecule has 2 fully saturated rings. The van der Waals surface area contributed by atoms with Crippen molar-refractivity contribution in [1.82, 2.24) is 14.8 Å². The Morgan fingerprint density at radius 1 is 1.09 bits per heavy atom. The summed E-state index contributed by atoms with van der Waals surface area (Å²) in [6, 6.07) is 10.3. The summed E-state index contributed by atoms with van der Waals surface area (Å²) < 4.78 is 6.71. The van der Waals surface area contributed by atoms with Crippen molar-refractivity contribution in [2.75, 3.05) is 31.5 Å². The van der Waals surface area contributed by atoms with Crippen LogP contribution in [-0.2, 0) is 0 Å². The number of benzene rings is 1. The highest BCUT2D eigenvalue weighted by atomic mass is 79.9. The smallest absolute Gasteiger partial charge is 0.272 e. The van der Waals surface area contributed by atoms with Crippen LogP contribution in [0.1, 0.15) is 48.2 Å². The molecule has 168 valence electrons. The Bertz CT molecular complexity index is 1110. The highest BCUT2D eigenvalue weighted by Crippen LogP contribution is 2.29. The monoisotopic (exact) mass is 496 g/mol. The molecule has 0 unspecified atom stereocenters. The van der Waals surface area contributed by atoms with Gasteiger partial charge in [0, 0.05) is 35.4 Å². The van der Waals surface area contributed by atoms with Gasteiger partial charge in [0.2, 0.25) is 0 Å². The topological polar surface area (TPSA) is 61.6 Å². The summed E-state index contributed by atoms with van der Waals surface area (Å²) in [5.41, 5.74) is 3.15. The molecular formula is C25H29BrN4O2. The Kier molecular flexibility index (Phi) is 6.20. The lowest BCUT2D eigenvalue weighted by Gasteiger charge is -2.40. The zero-order valence-corrected chi connectivity index (χ0v) is 20.0. The fraction of sp³-hybridized carbons (Fsp3) is 0.440. The molecule has 2 aliphatic rings. The second-order valence-corrected chi connectivity index (χ2v) is 9.75. The molecule has 6 nitrogen and oxygen atoms in total. The van der Waals surface area contributed by atoms with Gasteiger partial charge in [-0.2, -0.15) is 0 Å². The number of amides is 1. The molecular weight excluding hydrogens is 468 g/mol. The number of carbonyl (C=O) groups is 1. The average Bonchev–Trinajstić information content (AvgIpc) is 3.31. The van der Waals surface area contributed by atoms with Crippen LogP contribution in [0.5, 0.6) is 0 Å². The zero-order chi connectivity index (χ0) is 22.1. The molecule has 3 aromatic rings. The Hall–Kier alpha value is -2.38. The van der Waals surface area contributed by atoms with Crippen molar-refractivity contribution < 1.29 is 9.21 Å². The number of piperidine rings is 2. The number of rotatable bonds is 4. The molecule has 2 saturated heterocycles. The van der Waals surface area contributed by atoms with Crippen molar-refractivity contribution >= 4 is 44.3 Å². The molecule has 7 heteroatoms. The lowest BCUT2D eigenvalue weighted by molar-refractivity contribution is 0.0585. The molecule has 2 aliphatic heterocycles. The fourth-order valence-electron chi connectivity index (χ4n) is 4.91. The highest BCUT2D eigenvalue weighted by Gasteiger charge is 2.29. The van der Waals surface area contributed by atoms with E-state index in [1.165, 1.54) is 32.4 Å². The Balaban J connectivity index is 1.34. The molecule has 1 aromatic carbocycles. The first-order chi connectivity index (χ1) is 15.6. The fourth-order valence-corrected chi connectivity index (χ4v) is 5.16. The van der Waals surface area contributed by atoms with E-state index in [0.717, 1.165) is 47.0 Å². The molecule has 0 radical (unpaired) electrons. The normalized spacial score (nSPS) is 18.2. The number of carbonyl (C=O) groups excluding carboxylic acids is 1. The zero-order valence-electron chi connectivity index (χ0n) is 18.4. The van der Waals surface area contributed by atoms with Crippen molar-refractivity contribution in [2.24, 2.45) is 0 Å². The van der Waals surface area contributed by atoms with E-state index in [1.807, 2.05) is 30.0 Å². The third-order valence-electron chi connectivity index (χ3n) is 6.75. The number of anilines is 2. The van der Waals surface area contributed by atoms with E-state index in [9.17, 15) is 4.79 Å². The van der Waals surface area contributed by atoms with Crippen molar-refractivity contribution in [2.45, 2.75) is 45.1 Å². The van der Waals surface area contributed by atoms with E-state index < -0.39 is 0 Å². The molecule has 2 aromatic heterocycles. The van der Waals surface area contributed by atoms with E-state index >= 15 is 0 Å². The first-order valence-electron chi connectivity index (χ1n) is 11.5. The lowest BCUT2D eigenvalue weighted by atomic mass is 9.99. The maximum atomic E-state index is 13.3. The number of fused-ring (bicyclic) bond motifs is 1. The van der Waals surface area contributed by atoms with Gasteiger partial charge >= 0.3 is 0 Å². The second-order valence-electron chi connectivity index (χ2n) is 8.90. The van der Waals surface area contributed by atoms with Crippen LogP contribution in [0.3, 0.4) is 0 Å². The van der Waals surface area contributed by atoms with Crippen LogP contribution in [0.25, 0.3) is 11.0 Å². The molecule has 0 saturated carbocycles. The summed E-state index contributed by atoms with van der Waals surface area (Å²) in [6.07, 6.45) is 7.68. The summed E-state index contributed by atoms with van der Waals surface area (Å²) in [5, 5.41) is 4.25. The van der Waals surface area contributed by atoms with Crippen LogP contribution in [0.4, 0.5) is 11.5 Å². The van der Waals surface area contributed by atoms with Crippen molar-refractivity contribution in [3.8, 4) is 0 Å². The standard InChI is InChI=1S/C25H29BrN4O2/c1-17-15-18(5-6-21(17)26)27-24-20-9-14-32-23(20)16-22(28-24)25(31)30-12-7-19(8-13-30)29-10-3-2-4-11-29/h5-6,9,14-16,19H,2-4,7-8,10-13H2,1H3,(H,27,28). The molecule has 0 spiro atoms. The van der Waals surface area contributed by atoms with E-state index in [0.29, 0.717) is 23.1 Å².